The number of hydrogen-bond acceptors (Lipinski definition) is 3. The van der Waals surface area contributed by atoms with E-state index in [9.17, 15) is 13.6 Å². The van der Waals surface area contributed by atoms with E-state index >= 15 is 0 Å². The molecule has 182 valence electrons. The molecule has 1 aromatic carbocycles. The molecule has 2 aliphatic carbocycles. The van der Waals surface area contributed by atoms with Gasteiger partial charge in [0.1, 0.15) is 6.07 Å². The summed E-state index contributed by atoms with van der Waals surface area (Å²) in [5.41, 5.74) is -0.395. The maximum Gasteiger partial charge on any atom is 0.314 e. The second-order valence-electron chi connectivity index (χ2n) is 10.3. The van der Waals surface area contributed by atoms with Crippen molar-refractivity contribution >= 4 is 5.97 Å². The Labute approximate surface area is 197 Å². The van der Waals surface area contributed by atoms with Gasteiger partial charge in [-0.25, -0.2) is 4.39 Å². The van der Waals surface area contributed by atoms with Crippen LogP contribution in [0.4, 0.5) is 8.78 Å². The molecule has 2 aliphatic rings. The highest BCUT2D eigenvalue weighted by Crippen LogP contribution is 2.38. The van der Waals surface area contributed by atoms with Crippen molar-refractivity contribution in [2.24, 2.45) is 23.7 Å². The Morgan fingerprint density at radius 3 is 2.03 bits per heavy atom. The Morgan fingerprint density at radius 2 is 1.45 bits per heavy atom. The quantitative estimate of drug-likeness (QED) is 0.202. The van der Waals surface area contributed by atoms with Gasteiger partial charge in [0.15, 0.2) is 11.6 Å². The number of carbonyl (C=O) groups excluding carboxylic acids is 1. The molecule has 0 amide bonds. The van der Waals surface area contributed by atoms with E-state index < -0.39 is 28.9 Å². The third-order valence-corrected chi connectivity index (χ3v) is 7.97. The molecule has 0 aromatic heterocycles. The highest BCUT2D eigenvalue weighted by molar-refractivity contribution is 5.75. The van der Waals surface area contributed by atoms with E-state index in [1.165, 1.54) is 70.6 Å². The lowest BCUT2D eigenvalue weighted by Crippen LogP contribution is -2.26. The van der Waals surface area contributed by atoms with Gasteiger partial charge in [-0.1, -0.05) is 77.6 Å². The summed E-state index contributed by atoms with van der Waals surface area (Å²) >= 11 is 0. The van der Waals surface area contributed by atoms with E-state index in [-0.39, 0.29) is 5.92 Å². The normalized spacial score (nSPS) is 25.4. The van der Waals surface area contributed by atoms with E-state index in [4.69, 9.17) is 10.00 Å². The summed E-state index contributed by atoms with van der Waals surface area (Å²) < 4.78 is 32.9. The van der Waals surface area contributed by atoms with Gasteiger partial charge < -0.3 is 4.74 Å². The van der Waals surface area contributed by atoms with Crippen molar-refractivity contribution in [1.29, 1.82) is 5.26 Å². The zero-order valence-corrected chi connectivity index (χ0v) is 20.1. The maximum absolute atomic E-state index is 14.0. The van der Waals surface area contributed by atoms with Crippen LogP contribution >= 0.6 is 0 Å². The van der Waals surface area contributed by atoms with E-state index in [1.807, 2.05) is 0 Å². The molecule has 3 rings (SSSR count). The smallest absolute Gasteiger partial charge is 0.314 e. The Morgan fingerprint density at radius 1 is 0.879 bits per heavy atom. The monoisotopic (exact) mass is 459 g/mol. The summed E-state index contributed by atoms with van der Waals surface area (Å²) in [6.45, 7) is 2.27. The lowest BCUT2D eigenvalue weighted by molar-refractivity contribution is -0.140. The number of nitriles is 1. The van der Waals surface area contributed by atoms with Crippen LogP contribution < -0.4 is 4.74 Å². The molecule has 3 nitrogen and oxygen atoms in total. The van der Waals surface area contributed by atoms with Crippen LogP contribution in [0.3, 0.4) is 0 Å². The SMILES string of the molecule is CCCCCC[C@H]1CC[C@H](CC[C@H]2CC[C@H](C(=O)Oc3ccc(C#N)c(F)c3F)CC2)CC1. The second-order valence-corrected chi connectivity index (χ2v) is 10.3. The molecule has 0 saturated heterocycles. The largest absolute Gasteiger partial charge is 0.423 e. The molecule has 0 atom stereocenters. The van der Waals surface area contributed by atoms with Crippen LogP contribution in [-0.4, -0.2) is 5.97 Å². The fourth-order valence-corrected chi connectivity index (χ4v) is 5.72. The lowest BCUT2D eigenvalue weighted by Gasteiger charge is -2.31. The summed E-state index contributed by atoms with van der Waals surface area (Å²) in [5.74, 6) is -1.24. The van der Waals surface area contributed by atoms with Crippen LogP contribution in [0.15, 0.2) is 12.1 Å². The number of ether oxygens (including phenoxy) is 1. The molecule has 0 bridgehead atoms. The minimum absolute atomic E-state index is 0.262. The van der Waals surface area contributed by atoms with Gasteiger partial charge >= 0.3 is 5.97 Å². The predicted octanol–water partition coefficient (Wildman–Crippen LogP) is 8.11. The van der Waals surface area contributed by atoms with Gasteiger partial charge in [-0.15, -0.1) is 0 Å². The Bertz CT molecular complexity index is 803. The number of esters is 1. The number of rotatable bonds is 10. The number of benzene rings is 1. The van der Waals surface area contributed by atoms with E-state index in [2.05, 4.69) is 6.92 Å². The fraction of sp³-hybridized carbons (Fsp3) is 0.714. The van der Waals surface area contributed by atoms with Gasteiger partial charge in [0.25, 0.3) is 0 Å². The standard InChI is InChI=1S/C28H39F2NO2/c1-2-3-4-5-6-20-7-9-21(10-8-20)11-12-22-13-15-23(16-14-22)28(32)33-25-18-17-24(19-31)26(29)27(25)30/h17-18,20-23H,2-16H2,1H3/t20-,21-,22-,23-. The fourth-order valence-electron chi connectivity index (χ4n) is 5.72. The van der Waals surface area contributed by atoms with Crippen LogP contribution in [0.1, 0.15) is 109 Å². The molecule has 0 heterocycles. The Balaban J connectivity index is 1.33. The summed E-state index contributed by atoms with van der Waals surface area (Å²) in [6.07, 6.45) is 18.5. The van der Waals surface area contributed by atoms with E-state index in [1.54, 1.807) is 6.07 Å². The van der Waals surface area contributed by atoms with Crippen LogP contribution in [0.25, 0.3) is 0 Å². The topological polar surface area (TPSA) is 50.1 Å². The van der Waals surface area contributed by atoms with E-state index in [0.29, 0.717) is 5.92 Å². The predicted molar refractivity (Wildman–Crippen MR) is 126 cm³/mol. The van der Waals surface area contributed by atoms with Crippen molar-refractivity contribution < 1.29 is 18.3 Å². The van der Waals surface area contributed by atoms with Crippen molar-refractivity contribution in [3.05, 3.63) is 29.3 Å². The highest BCUT2D eigenvalue weighted by atomic mass is 19.2. The molecule has 0 N–H and O–H groups in total. The number of carbonyl (C=O) groups is 1. The first-order valence-electron chi connectivity index (χ1n) is 13.1. The van der Waals surface area contributed by atoms with Crippen molar-refractivity contribution in [3.8, 4) is 11.8 Å². The summed E-state index contributed by atoms with van der Waals surface area (Å²) in [7, 11) is 0. The summed E-state index contributed by atoms with van der Waals surface area (Å²) in [4.78, 5) is 12.5. The molecule has 1 aromatic rings. The van der Waals surface area contributed by atoms with Crippen LogP contribution in [0.5, 0.6) is 5.75 Å². The maximum atomic E-state index is 14.0. The molecule has 0 aliphatic heterocycles. The third-order valence-electron chi connectivity index (χ3n) is 7.97. The Kier molecular flexibility index (Phi) is 10.2. The molecule has 0 spiro atoms. The van der Waals surface area contributed by atoms with Crippen LogP contribution in [-0.2, 0) is 4.79 Å². The minimum atomic E-state index is -1.27. The molecule has 0 radical (unpaired) electrons. The Hall–Kier alpha value is -1.96. The zero-order valence-electron chi connectivity index (χ0n) is 20.1. The minimum Gasteiger partial charge on any atom is -0.423 e. The van der Waals surface area contributed by atoms with Gasteiger partial charge in [0.2, 0.25) is 5.82 Å². The zero-order chi connectivity index (χ0) is 23.6. The van der Waals surface area contributed by atoms with Crippen molar-refractivity contribution in [2.75, 3.05) is 0 Å². The van der Waals surface area contributed by atoms with Crippen LogP contribution in [0.2, 0.25) is 0 Å². The highest BCUT2D eigenvalue weighted by Gasteiger charge is 2.30. The molecular formula is C28H39F2NO2. The molecule has 5 heteroatoms. The van der Waals surface area contributed by atoms with Gasteiger partial charge in [0.05, 0.1) is 11.5 Å². The molecule has 0 unspecified atom stereocenters. The van der Waals surface area contributed by atoms with Gasteiger partial charge in [-0.3, -0.25) is 4.79 Å². The van der Waals surface area contributed by atoms with Gasteiger partial charge in [-0.2, -0.15) is 9.65 Å². The van der Waals surface area contributed by atoms with Crippen molar-refractivity contribution in [2.45, 2.75) is 103 Å². The van der Waals surface area contributed by atoms with Crippen LogP contribution in [0, 0.1) is 46.6 Å². The molecule has 33 heavy (non-hydrogen) atoms. The number of unbranched alkanes of at least 4 members (excludes halogenated alkanes) is 3. The van der Waals surface area contributed by atoms with Crippen molar-refractivity contribution in [1.82, 2.24) is 0 Å². The molecule has 2 saturated carbocycles. The summed E-state index contributed by atoms with van der Waals surface area (Å²) in [5, 5.41) is 8.77. The second kappa shape index (κ2) is 13.1. The van der Waals surface area contributed by atoms with Crippen molar-refractivity contribution in [3.63, 3.8) is 0 Å². The van der Waals surface area contributed by atoms with E-state index in [0.717, 1.165) is 49.7 Å². The summed E-state index contributed by atoms with van der Waals surface area (Å²) in [6, 6.07) is 3.87. The first kappa shape index (κ1) is 25.7. The lowest BCUT2D eigenvalue weighted by atomic mass is 9.75. The molecule has 2 fully saturated rings. The number of nitrogens with zero attached hydrogens (tertiary/aromatic N) is 1. The first-order valence-corrected chi connectivity index (χ1v) is 13.1. The van der Waals surface area contributed by atoms with Gasteiger partial charge in [0, 0.05) is 0 Å². The third kappa shape index (κ3) is 7.52. The number of halogens is 2. The van der Waals surface area contributed by atoms with Gasteiger partial charge in [-0.05, 0) is 55.6 Å². The first-order chi connectivity index (χ1) is 16.0. The average molecular weight is 460 g/mol. The molecular weight excluding hydrogens is 420 g/mol. The number of hydrogen-bond donors (Lipinski definition) is 0. The average Bonchev–Trinajstić information content (AvgIpc) is 2.84.